The Morgan fingerprint density at radius 2 is 1.83 bits per heavy atom. The fourth-order valence-electron chi connectivity index (χ4n) is 1.89. The fraction of sp³-hybridized carbons (Fsp3) is 0.533. The van der Waals surface area contributed by atoms with Crippen molar-refractivity contribution in [1.29, 1.82) is 0 Å². The zero-order valence-electron chi connectivity index (χ0n) is 12.9. The Morgan fingerprint density at radius 3 is 2.30 bits per heavy atom. The molecule has 0 radical (unpaired) electrons. The maximum Gasteiger partial charge on any atom is 0.573 e. The second kappa shape index (κ2) is 8.61. The molecule has 0 heterocycles. The average Bonchev–Trinajstić information content (AvgIpc) is 2.46. The van der Waals surface area contributed by atoms with Crippen molar-refractivity contribution >= 4 is 5.97 Å². The molecule has 0 aliphatic rings. The number of hydrogen-bond acceptors (Lipinski definition) is 4. The van der Waals surface area contributed by atoms with Gasteiger partial charge in [-0.15, -0.1) is 13.2 Å². The van der Waals surface area contributed by atoms with Crippen molar-refractivity contribution in [2.24, 2.45) is 5.92 Å². The Hall–Kier alpha value is -1.96. The SMILES string of the molecule is CC[C@H](C)[C@H](NCCOc1ccc(OC(F)(F)F)cc1)C(=O)O. The number of halogens is 3. The van der Waals surface area contributed by atoms with Crippen LogP contribution in [0.1, 0.15) is 20.3 Å². The molecule has 5 nitrogen and oxygen atoms in total. The lowest BCUT2D eigenvalue weighted by Gasteiger charge is -2.20. The first-order chi connectivity index (χ1) is 10.7. The zero-order valence-corrected chi connectivity index (χ0v) is 12.9. The normalized spacial score (nSPS) is 14.1. The van der Waals surface area contributed by atoms with Crippen LogP contribution in [0, 0.1) is 5.92 Å². The summed E-state index contributed by atoms with van der Waals surface area (Å²) in [6.45, 7) is 4.25. The lowest BCUT2D eigenvalue weighted by molar-refractivity contribution is -0.274. The fourth-order valence-corrected chi connectivity index (χ4v) is 1.89. The molecule has 1 aromatic rings. The Balaban J connectivity index is 2.39. The number of rotatable bonds is 9. The third-order valence-corrected chi connectivity index (χ3v) is 3.27. The molecule has 1 aromatic carbocycles. The van der Waals surface area contributed by atoms with E-state index in [0.717, 1.165) is 18.6 Å². The van der Waals surface area contributed by atoms with Crippen LogP contribution in [0.25, 0.3) is 0 Å². The summed E-state index contributed by atoms with van der Waals surface area (Å²) in [5, 5.41) is 12.0. The summed E-state index contributed by atoms with van der Waals surface area (Å²) in [6, 6.07) is 4.34. The van der Waals surface area contributed by atoms with Crippen molar-refractivity contribution < 1.29 is 32.5 Å². The summed E-state index contributed by atoms with van der Waals surface area (Å²) in [7, 11) is 0. The average molecular weight is 335 g/mol. The van der Waals surface area contributed by atoms with Gasteiger partial charge in [-0.3, -0.25) is 4.79 Å². The maximum atomic E-state index is 12.0. The molecule has 130 valence electrons. The van der Waals surface area contributed by atoms with E-state index in [0.29, 0.717) is 12.3 Å². The third kappa shape index (κ3) is 7.23. The van der Waals surface area contributed by atoms with Gasteiger partial charge < -0.3 is 19.9 Å². The van der Waals surface area contributed by atoms with Crippen molar-refractivity contribution in [2.45, 2.75) is 32.7 Å². The predicted molar refractivity (Wildman–Crippen MR) is 77.5 cm³/mol. The van der Waals surface area contributed by atoms with Crippen molar-refractivity contribution in [2.75, 3.05) is 13.2 Å². The van der Waals surface area contributed by atoms with E-state index in [-0.39, 0.29) is 18.3 Å². The van der Waals surface area contributed by atoms with Gasteiger partial charge in [-0.2, -0.15) is 0 Å². The van der Waals surface area contributed by atoms with Gasteiger partial charge in [0.2, 0.25) is 0 Å². The van der Waals surface area contributed by atoms with Crippen LogP contribution in [0.5, 0.6) is 11.5 Å². The Labute approximate surface area is 132 Å². The van der Waals surface area contributed by atoms with Crippen LogP contribution in [0.2, 0.25) is 0 Å². The molecule has 0 unspecified atom stereocenters. The molecule has 0 bridgehead atoms. The zero-order chi connectivity index (χ0) is 17.5. The highest BCUT2D eigenvalue weighted by Crippen LogP contribution is 2.24. The molecule has 2 atom stereocenters. The third-order valence-electron chi connectivity index (χ3n) is 3.27. The quantitative estimate of drug-likeness (QED) is 0.679. The van der Waals surface area contributed by atoms with E-state index in [4.69, 9.17) is 9.84 Å². The number of carboxylic acid groups (broad SMARTS) is 1. The van der Waals surface area contributed by atoms with Gasteiger partial charge in [0.25, 0.3) is 0 Å². The number of ether oxygens (including phenoxy) is 2. The van der Waals surface area contributed by atoms with Gasteiger partial charge in [-0.05, 0) is 30.2 Å². The van der Waals surface area contributed by atoms with E-state index in [1.165, 1.54) is 12.1 Å². The molecule has 0 aliphatic carbocycles. The molecule has 23 heavy (non-hydrogen) atoms. The first kappa shape index (κ1) is 19.1. The Bertz CT molecular complexity index is 490. The van der Waals surface area contributed by atoms with Gasteiger partial charge in [0.1, 0.15) is 24.1 Å². The number of benzene rings is 1. The van der Waals surface area contributed by atoms with Gasteiger partial charge >= 0.3 is 12.3 Å². The lowest BCUT2D eigenvalue weighted by atomic mass is 9.99. The van der Waals surface area contributed by atoms with Crippen LogP contribution < -0.4 is 14.8 Å². The van der Waals surface area contributed by atoms with Gasteiger partial charge in [0.05, 0.1) is 0 Å². The van der Waals surface area contributed by atoms with E-state index >= 15 is 0 Å². The molecular weight excluding hydrogens is 315 g/mol. The van der Waals surface area contributed by atoms with E-state index in [9.17, 15) is 18.0 Å². The molecule has 0 fully saturated rings. The van der Waals surface area contributed by atoms with Crippen LogP contribution in [0.15, 0.2) is 24.3 Å². The number of carbonyl (C=O) groups is 1. The number of hydrogen-bond donors (Lipinski definition) is 2. The van der Waals surface area contributed by atoms with Crippen molar-refractivity contribution in [3.63, 3.8) is 0 Å². The van der Waals surface area contributed by atoms with Gasteiger partial charge in [-0.25, -0.2) is 0 Å². The van der Waals surface area contributed by atoms with Crippen LogP contribution in [0.4, 0.5) is 13.2 Å². The molecular formula is C15H20F3NO4. The molecule has 0 amide bonds. The van der Waals surface area contributed by atoms with E-state index < -0.39 is 18.4 Å². The van der Waals surface area contributed by atoms with E-state index in [1.54, 1.807) is 0 Å². The summed E-state index contributed by atoms with van der Waals surface area (Å²) in [5.74, 6) is -0.901. The Morgan fingerprint density at radius 1 is 1.26 bits per heavy atom. The van der Waals surface area contributed by atoms with Crippen molar-refractivity contribution in [3.8, 4) is 11.5 Å². The smallest absolute Gasteiger partial charge is 0.492 e. The number of aliphatic carboxylic acids is 1. The molecule has 1 rings (SSSR count). The molecule has 0 saturated carbocycles. The highest BCUT2D eigenvalue weighted by Gasteiger charge is 2.31. The van der Waals surface area contributed by atoms with Crippen molar-refractivity contribution in [3.05, 3.63) is 24.3 Å². The topological polar surface area (TPSA) is 67.8 Å². The van der Waals surface area contributed by atoms with Crippen LogP contribution >= 0.6 is 0 Å². The summed E-state index contributed by atoms with van der Waals surface area (Å²) in [6.07, 6.45) is -4.00. The summed E-state index contributed by atoms with van der Waals surface area (Å²) in [5.41, 5.74) is 0. The van der Waals surface area contributed by atoms with Crippen LogP contribution in [0.3, 0.4) is 0 Å². The predicted octanol–water partition coefficient (Wildman–Crippen LogP) is 3.05. The minimum absolute atomic E-state index is 0.0219. The van der Waals surface area contributed by atoms with Crippen LogP contribution in [-0.4, -0.2) is 36.6 Å². The standard InChI is InChI=1S/C15H20F3NO4/c1-3-10(2)13(14(20)21)19-8-9-22-11-4-6-12(7-5-11)23-15(16,17)18/h4-7,10,13,19H,3,8-9H2,1-2H3,(H,20,21)/t10-,13-/m0/s1. The second-order valence-electron chi connectivity index (χ2n) is 5.02. The number of nitrogens with one attached hydrogen (secondary N) is 1. The number of alkyl halides is 3. The van der Waals surface area contributed by atoms with E-state index in [2.05, 4.69) is 10.1 Å². The molecule has 0 saturated heterocycles. The number of carboxylic acids is 1. The minimum atomic E-state index is -4.73. The molecule has 0 spiro atoms. The maximum absolute atomic E-state index is 12.0. The summed E-state index contributed by atoms with van der Waals surface area (Å²) >= 11 is 0. The molecule has 8 heteroatoms. The Kier molecular flexibility index (Phi) is 7.15. The highest BCUT2D eigenvalue weighted by molar-refractivity contribution is 5.73. The largest absolute Gasteiger partial charge is 0.573 e. The monoisotopic (exact) mass is 335 g/mol. The first-order valence-electron chi connectivity index (χ1n) is 7.17. The van der Waals surface area contributed by atoms with Crippen LogP contribution in [-0.2, 0) is 4.79 Å². The lowest BCUT2D eigenvalue weighted by Crippen LogP contribution is -2.43. The van der Waals surface area contributed by atoms with Crippen molar-refractivity contribution in [1.82, 2.24) is 5.32 Å². The second-order valence-corrected chi connectivity index (χ2v) is 5.02. The molecule has 0 aliphatic heterocycles. The first-order valence-corrected chi connectivity index (χ1v) is 7.17. The summed E-state index contributed by atoms with van der Waals surface area (Å²) in [4.78, 5) is 11.1. The summed E-state index contributed by atoms with van der Waals surface area (Å²) < 4.78 is 45.1. The minimum Gasteiger partial charge on any atom is -0.492 e. The molecule has 0 aromatic heterocycles. The van der Waals surface area contributed by atoms with Gasteiger partial charge in [-0.1, -0.05) is 20.3 Å². The molecule has 2 N–H and O–H groups in total. The highest BCUT2D eigenvalue weighted by atomic mass is 19.4. The van der Waals surface area contributed by atoms with Gasteiger partial charge in [0, 0.05) is 6.54 Å². The van der Waals surface area contributed by atoms with Gasteiger partial charge in [0.15, 0.2) is 0 Å². The van der Waals surface area contributed by atoms with E-state index in [1.807, 2.05) is 13.8 Å².